The fraction of sp³-hybridized carbons (Fsp3) is 0.909. The van der Waals surface area contributed by atoms with Crippen LogP contribution in [-0.4, -0.2) is 43.5 Å². The number of amides is 2. The maximum absolute atomic E-state index is 12.7. The van der Waals surface area contributed by atoms with Gasteiger partial charge in [0.1, 0.15) is 5.54 Å². The lowest BCUT2D eigenvalue weighted by atomic mass is 9.75. The van der Waals surface area contributed by atoms with Gasteiger partial charge in [-0.3, -0.25) is 9.59 Å². The number of primary amides is 2. The summed E-state index contributed by atoms with van der Waals surface area (Å²) in [6.07, 6.45) is 12.5. The van der Waals surface area contributed by atoms with Crippen LogP contribution in [0.2, 0.25) is 0 Å². The number of carbonyl (C=O) groups is 2. The highest BCUT2D eigenvalue weighted by Gasteiger charge is 2.45. The average Bonchev–Trinajstić information content (AvgIpc) is 2.71. The van der Waals surface area contributed by atoms with Crippen molar-refractivity contribution in [3.05, 3.63) is 0 Å². The topological polar surface area (TPSA) is 176 Å². The van der Waals surface area contributed by atoms with E-state index in [1.165, 1.54) is 0 Å². The van der Waals surface area contributed by atoms with Gasteiger partial charge in [0.05, 0.1) is 5.92 Å². The summed E-state index contributed by atoms with van der Waals surface area (Å²) in [7, 11) is 0. The van der Waals surface area contributed by atoms with Crippen molar-refractivity contribution < 1.29 is 9.59 Å². The van der Waals surface area contributed by atoms with Crippen molar-refractivity contribution in [1.29, 1.82) is 0 Å². The summed E-state index contributed by atoms with van der Waals surface area (Å²) in [5.74, 6) is -1.54. The number of nitrogens with two attached hydrogens (primary N) is 5. The van der Waals surface area contributed by atoms with Crippen LogP contribution in [0.4, 0.5) is 0 Å². The van der Waals surface area contributed by atoms with Crippen LogP contribution in [0.15, 0.2) is 0 Å². The van der Waals surface area contributed by atoms with Gasteiger partial charge in [0.2, 0.25) is 11.8 Å². The quantitative estimate of drug-likeness (QED) is 0.141. The van der Waals surface area contributed by atoms with Crippen molar-refractivity contribution in [3.8, 4) is 0 Å². The zero-order valence-corrected chi connectivity index (χ0v) is 19.0. The Kier molecular flexibility index (Phi) is 17.8. The molecule has 2 atom stereocenters. The van der Waals surface area contributed by atoms with Crippen molar-refractivity contribution in [2.45, 2.75) is 95.4 Å². The third-order valence-electron chi connectivity index (χ3n) is 5.92. The smallest absolute Gasteiger partial charge is 0.238 e. The number of unbranched alkanes of at least 4 members (excludes halogenated alkanes) is 9. The zero-order valence-electron chi connectivity index (χ0n) is 19.0. The van der Waals surface area contributed by atoms with Crippen molar-refractivity contribution in [1.82, 2.24) is 5.32 Å². The number of rotatable bonds is 22. The van der Waals surface area contributed by atoms with E-state index in [1.54, 1.807) is 0 Å². The summed E-state index contributed by atoms with van der Waals surface area (Å²) >= 11 is 0. The summed E-state index contributed by atoms with van der Waals surface area (Å²) in [5.41, 5.74) is 27.3. The minimum absolute atomic E-state index is 0.454. The second-order valence-electron chi connectivity index (χ2n) is 8.36. The predicted octanol–water partition coefficient (Wildman–Crippen LogP) is 1.24. The van der Waals surface area contributed by atoms with Crippen LogP contribution in [0, 0.1) is 5.92 Å². The molecule has 11 N–H and O–H groups in total. The normalized spacial score (nSPS) is 14.4. The molecular formula is C22H48N6O2. The number of hydrogen-bond donors (Lipinski definition) is 6. The minimum Gasteiger partial charge on any atom is -0.369 e. The highest BCUT2D eigenvalue weighted by Crippen LogP contribution is 2.29. The van der Waals surface area contributed by atoms with E-state index < -0.39 is 23.3 Å². The lowest BCUT2D eigenvalue weighted by Crippen LogP contribution is -2.63. The molecule has 0 radical (unpaired) electrons. The van der Waals surface area contributed by atoms with E-state index in [-0.39, 0.29) is 0 Å². The number of nitrogens with one attached hydrogen (secondary N) is 1. The fourth-order valence-corrected chi connectivity index (χ4v) is 4.08. The van der Waals surface area contributed by atoms with Gasteiger partial charge in [0, 0.05) is 0 Å². The third-order valence-corrected chi connectivity index (χ3v) is 5.92. The lowest BCUT2D eigenvalue weighted by molar-refractivity contribution is -0.135. The van der Waals surface area contributed by atoms with E-state index in [9.17, 15) is 9.59 Å². The highest BCUT2D eigenvalue weighted by atomic mass is 16.2. The molecule has 0 fully saturated rings. The molecule has 0 bridgehead atoms. The Bertz CT molecular complexity index is 449. The first kappa shape index (κ1) is 28.8. The molecule has 0 aliphatic carbocycles. The molecule has 0 aliphatic rings. The van der Waals surface area contributed by atoms with Crippen LogP contribution in [0.1, 0.15) is 89.9 Å². The molecule has 0 aromatic carbocycles. The first-order valence-electron chi connectivity index (χ1n) is 11.9. The van der Waals surface area contributed by atoms with Crippen LogP contribution in [0.25, 0.3) is 0 Å². The Morgan fingerprint density at radius 2 is 1.13 bits per heavy atom. The Morgan fingerprint density at radius 3 is 1.60 bits per heavy atom. The molecule has 2 amide bonds. The molecule has 0 rings (SSSR count). The molecule has 0 spiro atoms. The molecule has 0 saturated carbocycles. The van der Waals surface area contributed by atoms with E-state index in [2.05, 4.69) is 5.32 Å². The van der Waals surface area contributed by atoms with Gasteiger partial charge in [0.15, 0.2) is 0 Å². The van der Waals surface area contributed by atoms with Gasteiger partial charge in [-0.05, 0) is 64.7 Å². The molecule has 178 valence electrons. The van der Waals surface area contributed by atoms with Gasteiger partial charge in [0.25, 0.3) is 0 Å². The molecule has 8 heteroatoms. The number of hydrogen-bond acceptors (Lipinski definition) is 6. The first-order valence-corrected chi connectivity index (χ1v) is 11.9. The SMILES string of the molecule is NCCCCCCNC(CCCCCCN)(C(N)=O)C(CCCCCCN)C(N)=O. The van der Waals surface area contributed by atoms with Crippen molar-refractivity contribution in [2.24, 2.45) is 34.6 Å². The summed E-state index contributed by atoms with van der Waals surface area (Å²) < 4.78 is 0. The average molecular weight is 429 g/mol. The molecule has 0 heterocycles. The highest BCUT2D eigenvalue weighted by molar-refractivity contribution is 5.92. The predicted molar refractivity (Wildman–Crippen MR) is 124 cm³/mol. The Balaban J connectivity index is 5.15. The molecule has 0 aliphatic heterocycles. The van der Waals surface area contributed by atoms with Crippen LogP contribution < -0.4 is 34.0 Å². The molecular weight excluding hydrogens is 380 g/mol. The summed E-state index contributed by atoms with van der Waals surface area (Å²) in [6, 6.07) is 0. The monoisotopic (exact) mass is 428 g/mol. The van der Waals surface area contributed by atoms with Crippen molar-refractivity contribution in [2.75, 3.05) is 26.2 Å². The van der Waals surface area contributed by atoms with Crippen LogP contribution in [0.3, 0.4) is 0 Å². The van der Waals surface area contributed by atoms with Gasteiger partial charge in [-0.2, -0.15) is 0 Å². The first-order chi connectivity index (χ1) is 14.5. The fourth-order valence-electron chi connectivity index (χ4n) is 4.08. The second kappa shape index (κ2) is 18.5. The largest absolute Gasteiger partial charge is 0.369 e. The zero-order chi connectivity index (χ0) is 22.7. The Morgan fingerprint density at radius 1 is 0.667 bits per heavy atom. The van der Waals surface area contributed by atoms with Crippen molar-refractivity contribution >= 4 is 11.8 Å². The van der Waals surface area contributed by atoms with Crippen LogP contribution in [0.5, 0.6) is 0 Å². The van der Waals surface area contributed by atoms with E-state index in [0.29, 0.717) is 39.0 Å². The summed E-state index contributed by atoms with van der Waals surface area (Å²) in [4.78, 5) is 25.1. The Labute approximate surface area is 183 Å². The van der Waals surface area contributed by atoms with Gasteiger partial charge < -0.3 is 34.0 Å². The molecule has 0 saturated heterocycles. The summed E-state index contributed by atoms with van der Waals surface area (Å²) in [5, 5.41) is 3.38. The Hall–Kier alpha value is -1.22. The van der Waals surface area contributed by atoms with Crippen LogP contribution in [-0.2, 0) is 9.59 Å². The van der Waals surface area contributed by atoms with E-state index in [0.717, 1.165) is 77.0 Å². The van der Waals surface area contributed by atoms with E-state index >= 15 is 0 Å². The van der Waals surface area contributed by atoms with Gasteiger partial charge in [-0.25, -0.2) is 0 Å². The van der Waals surface area contributed by atoms with Gasteiger partial charge >= 0.3 is 0 Å². The molecule has 30 heavy (non-hydrogen) atoms. The van der Waals surface area contributed by atoms with Crippen LogP contribution >= 0.6 is 0 Å². The second-order valence-corrected chi connectivity index (χ2v) is 8.36. The van der Waals surface area contributed by atoms with E-state index in [1.807, 2.05) is 0 Å². The number of carbonyl (C=O) groups excluding carboxylic acids is 2. The standard InChI is InChI=1S/C22H48N6O2/c23-15-9-3-1-7-13-19(20(26)29)22(21(27)30,14-8-2-4-10-16-24)28-18-12-6-5-11-17-25/h19,28H,1-18,23-25H2,(H2,26,29)(H2,27,30). The molecule has 8 nitrogen and oxygen atoms in total. The van der Waals surface area contributed by atoms with E-state index in [4.69, 9.17) is 28.7 Å². The third kappa shape index (κ3) is 11.8. The lowest BCUT2D eigenvalue weighted by Gasteiger charge is -2.38. The maximum Gasteiger partial charge on any atom is 0.238 e. The molecule has 0 aromatic heterocycles. The molecule has 2 unspecified atom stereocenters. The van der Waals surface area contributed by atoms with Gasteiger partial charge in [-0.15, -0.1) is 0 Å². The minimum atomic E-state index is -1.09. The molecule has 0 aromatic rings. The summed E-state index contributed by atoms with van der Waals surface area (Å²) in [6.45, 7) is 2.65. The maximum atomic E-state index is 12.7. The van der Waals surface area contributed by atoms with Crippen molar-refractivity contribution in [3.63, 3.8) is 0 Å². The van der Waals surface area contributed by atoms with Gasteiger partial charge in [-0.1, -0.05) is 51.4 Å².